The number of nitrogens with one attached hydrogen (secondary N) is 1. The van der Waals surface area contributed by atoms with Crippen LogP contribution in [0.1, 0.15) is 58.1 Å². The highest BCUT2D eigenvalue weighted by Crippen LogP contribution is 2.21. The second-order valence-electron chi connectivity index (χ2n) is 8.10. The molecule has 2 fully saturated rings. The van der Waals surface area contributed by atoms with Crippen LogP contribution in [0.2, 0.25) is 0 Å². The van der Waals surface area contributed by atoms with Gasteiger partial charge in [0.25, 0.3) is 0 Å². The van der Waals surface area contributed by atoms with Crippen molar-refractivity contribution in [1.82, 2.24) is 15.1 Å². The van der Waals surface area contributed by atoms with Gasteiger partial charge in [-0.3, -0.25) is 4.99 Å². The molecule has 0 bridgehead atoms. The SMILES string of the molecule is CCN(CC)CC1CCN(C(=NCCc2ccco2)NC2CCCCC2)C1. The molecule has 1 saturated heterocycles. The van der Waals surface area contributed by atoms with Crippen LogP contribution in [0, 0.1) is 5.92 Å². The van der Waals surface area contributed by atoms with E-state index in [1.165, 1.54) is 45.1 Å². The van der Waals surface area contributed by atoms with Gasteiger partial charge in [-0.1, -0.05) is 33.1 Å². The van der Waals surface area contributed by atoms with E-state index in [0.717, 1.165) is 56.8 Å². The van der Waals surface area contributed by atoms with E-state index in [-0.39, 0.29) is 0 Å². The largest absolute Gasteiger partial charge is 0.469 e. The summed E-state index contributed by atoms with van der Waals surface area (Å²) in [6.45, 7) is 11.1. The van der Waals surface area contributed by atoms with Gasteiger partial charge in [0, 0.05) is 38.6 Å². The minimum atomic E-state index is 0.600. The van der Waals surface area contributed by atoms with E-state index in [9.17, 15) is 0 Å². The zero-order valence-electron chi connectivity index (χ0n) is 17.3. The highest BCUT2D eigenvalue weighted by Gasteiger charge is 2.27. The predicted molar refractivity (Wildman–Crippen MR) is 112 cm³/mol. The summed E-state index contributed by atoms with van der Waals surface area (Å²) in [7, 11) is 0. The van der Waals surface area contributed by atoms with Crippen LogP contribution in [0.15, 0.2) is 27.8 Å². The van der Waals surface area contributed by atoms with Crippen LogP contribution in [0.5, 0.6) is 0 Å². The van der Waals surface area contributed by atoms with Gasteiger partial charge in [-0.15, -0.1) is 0 Å². The standard InChI is InChI=1S/C22H38N4O/c1-3-25(4-2)17-19-13-15-26(18-19)22(24-20-9-6-5-7-10-20)23-14-12-21-11-8-16-27-21/h8,11,16,19-20H,3-7,9-10,12-15,17-18H2,1-2H3,(H,23,24). The number of aliphatic imine (C=N–C) groups is 1. The first-order chi connectivity index (χ1) is 13.3. The number of rotatable bonds is 8. The summed E-state index contributed by atoms with van der Waals surface area (Å²) in [5.74, 6) is 2.92. The lowest BCUT2D eigenvalue weighted by Crippen LogP contribution is -2.46. The van der Waals surface area contributed by atoms with Gasteiger partial charge < -0.3 is 19.5 Å². The van der Waals surface area contributed by atoms with Crippen LogP contribution in [-0.2, 0) is 6.42 Å². The smallest absolute Gasteiger partial charge is 0.194 e. The molecule has 0 spiro atoms. The average Bonchev–Trinajstić information content (AvgIpc) is 3.38. The van der Waals surface area contributed by atoms with Crippen LogP contribution < -0.4 is 5.32 Å². The number of hydrogen-bond acceptors (Lipinski definition) is 3. The van der Waals surface area contributed by atoms with Crippen molar-refractivity contribution in [3.8, 4) is 0 Å². The second-order valence-corrected chi connectivity index (χ2v) is 8.10. The highest BCUT2D eigenvalue weighted by atomic mass is 16.3. The summed E-state index contributed by atoms with van der Waals surface area (Å²) in [4.78, 5) is 10.0. The molecule has 1 saturated carbocycles. The van der Waals surface area contributed by atoms with Crippen LogP contribution in [-0.4, -0.2) is 61.1 Å². The second kappa shape index (κ2) is 10.7. The fourth-order valence-electron chi connectivity index (χ4n) is 4.41. The van der Waals surface area contributed by atoms with Crippen molar-refractivity contribution in [3.05, 3.63) is 24.2 Å². The van der Waals surface area contributed by atoms with Crippen LogP contribution in [0.4, 0.5) is 0 Å². The molecule has 27 heavy (non-hydrogen) atoms. The third-order valence-corrected chi connectivity index (χ3v) is 6.13. The van der Waals surface area contributed by atoms with E-state index in [0.29, 0.717) is 6.04 Å². The fraction of sp³-hybridized carbons (Fsp3) is 0.773. The zero-order valence-corrected chi connectivity index (χ0v) is 17.3. The van der Waals surface area contributed by atoms with Gasteiger partial charge in [0.05, 0.1) is 6.26 Å². The molecule has 0 aromatic carbocycles. The topological polar surface area (TPSA) is 44.0 Å². The third-order valence-electron chi connectivity index (χ3n) is 6.13. The van der Waals surface area contributed by atoms with Crippen LogP contribution in [0.3, 0.4) is 0 Å². The molecule has 5 nitrogen and oxygen atoms in total. The first-order valence-corrected chi connectivity index (χ1v) is 11.1. The molecule has 3 rings (SSSR count). The Morgan fingerprint density at radius 2 is 2.04 bits per heavy atom. The zero-order chi connectivity index (χ0) is 18.9. The van der Waals surface area contributed by atoms with E-state index >= 15 is 0 Å². The summed E-state index contributed by atoms with van der Waals surface area (Å²) in [5, 5.41) is 3.81. The molecule has 1 aromatic heterocycles. The Morgan fingerprint density at radius 3 is 2.74 bits per heavy atom. The molecule has 1 aliphatic carbocycles. The molecule has 0 radical (unpaired) electrons. The molecule has 1 unspecified atom stereocenters. The minimum absolute atomic E-state index is 0.600. The van der Waals surface area contributed by atoms with Gasteiger partial charge in [0.1, 0.15) is 5.76 Å². The quantitative estimate of drug-likeness (QED) is 0.556. The normalized spacial score (nSPS) is 22.0. The maximum absolute atomic E-state index is 5.47. The lowest BCUT2D eigenvalue weighted by molar-refractivity contribution is 0.255. The average molecular weight is 375 g/mol. The molecule has 1 aromatic rings. The first-order valence-electron chi connectivity index (χ1n) is 11.1. The van der Waals surface area contributed by atoms with Crippen molar-refractivity contribution in [2.75, 3.05) is 39.3 Å². The molecule has 1 N–H and O–H groups in total. The van der Waals surface area contributed by atoms with Crippen molar-refractivity contribution in [3.63, 3.8) is 0 Å². The van der Waals surface area contributed by atoms with E-state index in [4.69, 9.17) is 9.41 Å². The molecule has 1 aliphatic heterocycles. The Balaban J connectivity index is 1.58. The van der Waals surface area contributed by atoms with Crippen LogP contribution in [0.25, 0.3) is 0 Å². The Hall–Kier alpha value is -1.49. The van der Waals surface area contributed by atoms with Crippen molar-refractivity contribution in [1.29, 1.82) is 0 Å². The van der Waals surface area contributed by atoms with Crippen molar-refractivity contribution >= 4 is 5.96 Å². The van der Waals surface area contributed by atoms with E-state index in [1.54, 1.807) is 6.26 Å². The van der Waals surface area contributed by atoms with Crippen LogP contribution >= 0.6 is 0 Å². The summed E-state index contributed by atoms with van der Waals surface area (Å²) in [5.41, 5.74) is 0. The molecular weight excluding hydrogens is 336 g/mol. The Morgan fingerprint density at radius 1 is 1.22 bits per heavy atom. The summed E-state index contributed by atoms with van der Waals surface area (Å²) in [6, 6.07) is 4.60. The Kier molecular flexibility index (Phi) is 8.06. The van der Waals surface area contributed by atoms with Gasteiger partial charge in [0.15, 0.2) is 5.96 Å². The molecule has 152 valence electrons. The number of likely N-dealkylation sites (tertiary alicyclic amines) is 1. The summed E-state index contributed by atoms with van der Waals surface area (Å²) < 4.78 is 5.47. The van der Waals surface area contributed by atoms with Crippen molar-refractivity contribution < 1.29 is 4.42 Å². The molecule has 1 atom stereocenters. The van der Waals surface area contributed by atoms with Crippen molar-refractivity contribution in [2.24, 2.45) is 10.9 Å². The molecule has 0 amide bonds. The Labute approximate surface area is 165 Å². The summed E-state index contributed by atoms with van der Waals surface area (Å²) >= 11 is 0. The number of nitrogens with zero attached hydrogens (tertiary/aromatic N) is 3. The van der Waals surface area contributed by atoms with E-state index in [1.807, 2.05) is 12.1 Å². The lowest BCUT2D eigenvalue weighted by Gasteiger charge is -2.29. The third kappa shape index (κ3) is 6.27. The fourth-order valence-corrected chi connectivity index (χ4v) is 4.41. The van der Waals surface area contributed by atoms with Gasteiger partial charge in [-0.05, 0) is 50.4 Å². The highest BCUT2D eigenvalue weighted by molar-refractivity contribution is 5.80. The number of hydrogen-bond donors (Lipinski definition) is 1. The molecule has 2 aliphatic rings. The lowest BCUT2D eigenvalue weighted by atomic mass is 9.96. The van der Waals surface area contributed by atoms with Gasteiger partial charge in [-0.2, -0.15) is 0 Å². The monoisotopic (exact) mass is 374 g/mol. The van der Waals surface area contributed by atoms with Gasteiger partial charge >= 0.3 is 0 Å². The molecular formula is C22H38N4O. The van der Waals surface area contributed by atoms with E-state index < -0.39 is 0 Å². The van der Waals surface area contributed by atoms with Crippen molar-refractivity contribution in [2.45, 2.75) is 64.8 Å². The van der Waals surface area contributed by atoms with Gasteiger partial charge in [0.2, 0.25) is 0 Å². The van der Waals surface area contributed by atoms with Gasteiger partial charge in [-0.25, -0.2) is 0 Å². The Bertz CT molecular complexity index is 547. The number of guanidine groups is 1. The van der Waals surface area contributed by atoms with E-state index in [2.05, 4.69) is 29.0 Å². The molecule has 2 heterocycles. The maximum Gasteiger partial charge on any atom is 0.194 e. The maximum atomic E-state index is 5.47. The summed E-state index contributed by atoms with van der Waals surface area (Å²) in [6.07, 6.45) is 10.6. The molecule has 5 heteroatoms. The minimum Gasteiger partial charge on any atom is -0.469 e. The predicted octanol–water partition coefficient (Wildman–Crippen LogP) is 3.76. The number of furan rings is 1. The first kappa shape index (κ1) is 20.2.